The van der Waals surface area contributed by atoms with Crippen LogP contribution in [0.1, 0.15) is 5.82 Å². The maximum atomic E-state index is 6.64. The largest absolute Gasteiger partial charge is 0.368 e. The fourth-order valence-corrected chi connectivity index (χ4v) is 0.378. The Morgan fingerprint density at radius 1 is 1.75 bits per heavy atom. The van der Waals surface area contributed by atoms with E-state index in [1.54, 1.807) is 6.92 Å². The van der Waals surface area contributed by atoms with E-state index in [-0.39, 0.29) is 5.95 Å². The van der Waals surface area contributed by atoms with Gasteiger partial charge in [0.05, 0.1) is 0 Å². The van der Waals surface area contributed by atoms with Gasteiger partial charge in [0.1, 0.15) is 12.2 Å². The van der Waals surface area contributed by atoms with Gasteiger partial charge in [0, 0.05) is 0 Å². The molecule has 0 radical (unpaired) electrons. The quantitative estimate of drug-likeness (QED) is 0.544. The third-order valence-corrected chi connectivity index (χ3v) is 0.692. The number of nitrogen functional groups attached to an aromatic ring is 1. The van der Waals surface area contributed by atoms with Gasteiger partial charge in [0.25, 0.3) is 0 Å². The zero-order chi connectivity index (χ0) is 6.69. The fraction of sp³-hybridized carbons (Fsp3) is 0.250. The molecule has 1 heterocycles. The van der Waals surface area contributed by atoms with Crippen LogP contribution in [0.5, 0.6) is 0 Å². The average Bonchev–Trinajstić information content (AvgIpc) is 1.88. The second-order valence-corrected chi connectivity index (χ2v) is 1.36. The van der Waals surface area contributed by atoms with E-state index >= 15 is 0 Å². The minimum absolute atomic E-state index is 0.280. The van der Waals surface area contributed by atoms with Crippen molar-refractivity contribution in [2.24, 2.45) is 0 Å². The van der Waals surface area contributed by atoms with Gasteiger partial charge in [-0.3, -0.25) is 0 Å². The summed E-state index contributed by atoms with van der Waals surface area (Å²) in [6, 6.07) is 0. The summed E-state index contributed by atoms with van der Waals surface area (Å²) in [6.45, 7) is 1.74. The Balaban J connectivity index is 2.94. The van der Waals surface area contributed by atoms with Crippen LogP contribution in [0.2, 0.25) is 1.41 Å². The highest BCUT2D eigenvalue weighted by Crippen LogP contribution is 1.86. The zero-order valence-corrected chi connectivity index (χ0v) is 4.42. The highest BCUT2D eigenvalue weighted by molar-refractivity contribution is 5.11. The van der Waals surface area contributed by atoms with Crippen LogP contribution in [0, 0.1) is 6.92 Å². The fourth-order valence-electron chi connectivity index (χ4n) is 0.378. The van der Waals surface area contributed by atoms with Crippen molar-refractivity contribution in [3.8, 4) is 0 Å². The molecular weight excluding hydrogens is 104 g/mol. The Kier molecular flexibility index (Phi) is 0.816. The van der Waals surface area contributed by atoms with Gasteiger partial charge in [-0.1, -0.05) is 0 Å². The van der Waals surface area contributed by atoms with Crippen molar-refractivity contribution >= 4 is 5.95 Å². The lowest BCUT2D eigenvalue weighted by Gasteiger charge is -1.88. The van der Waals surface area contributed by atoms with Crippen molar-refractivity contribution in [2.75, 3.05) is 5.73 Å². The summed E-state index contributed by atoms with van der Waals surface area (Å²) >= 11 is 0. The van der Waals surface area contributed by atoms with Crippen molar-refractivity contribution in [1.82, 2.24) is 15.0 Å². The molecule has 1 rings (SSSR count). The van der Waals surface area contributed by atoms with Crippen molar-refractivity contribution in [1.29, 1.82) is 0 Å². The van der Waals surface area contributed by atoms with E-state index in [0.717, 1.165) is 0 Å². The van der Waals surface area contributed by atoms with Crippen LogP contribution < -0.4 is 5.73 Å². The molecule has 0 unspecified atom stereocenters. The van der Waals surface area contributed by atoms with E-state index in [1.165, 1.54) is 6.33 Å². The summed E-state index contributed by atoms with van der Waals surface area (Å²) < 4.78 is 6.64. The Morgan fingerprint density at radius 3 is 3.12 bits per heavy atom. The van der Waals surface area contributed by atoms with Crippen LogP contribution in [0.3, 0.4) is 0 Å². The Hall–Kier alpha value is -1.19. The van der Waals surface area contributed by atoms with Gasteiger partial charge in [0.2, 0.25) is 5.95 Å². The predicted octanol–water partition coefficient (Wildman–Crippen LogP) is -0.238. The summed E-state index contributed by atoms with van der Waals surface area (Å²) in [5.41, 5.74) is 2.06. The predicted molar refractivity (Wildman–Crippen MR) is 29.0 cm³/mol. The summed E-state index contributed by atoms with van der Waals surface area (Å²) in [5, 5.41) is 0. The van der Waals surface area contributed by atoms with E-state index in [1.807, 2.05) is 0 Å². The number of aryl methyl sites for hydroxylation is 1. The number of hydrogen-bond donors (Lipinski definition) is 1. The molecule has 42 valence electrons. The minimum atomic E-state index is 0.280. The van der Waals surface area contributed by atoms with E-state index in [9.17, 15) is 0 Å². The zero-order valence-electron chi connectivity index (χ0n) is 5.42. The minimum Gasteiger partial charge on any atom is -0.368 e. The van der Waals surface area contributed by atoms with Crippen LogP contribution in [-0.4, -0.2) is 15.0 Å². The standard InChI is InChI=1S/C4H6N4/c1-3-6-2-7-4(5)8-3/h2H,1H3,(H2,5,6,7,8)/i/hT. The summed E-state index contributed by atoms with van der Waals surface area (Å²) in [5.74, 6) is 0.891. The number of anilines is 1. The van der Waals surface area contributed by atoms with Crippen LogP contribution in [0.15, 0.2) is 6.33 Å². The monoisotopic (exact) mass is 112 g/mol. The normalized spacial score (nSPS) is 10.4. The van der Waals surface area contributed by atoms with Crippen molar-refractivity contribution in [3.63, 3.8) is 0 Å². The molecule has 0 aliphatic heterocycles. The van der Waals surface area contributed by atoms with E-state index in [4.69, 9.17) is 1.41 Å². The summed E-state index contributed by atoms with van der Waals surface area (Å²) in [6.07, 6.45) is 1.36. The molecule has 1 aromatic rings. The van der Waals surface area contributed by atoms with Crippen LogP contribution in [0.25, 0.3) is 0 Å². The van der Waals surface area contributed by atoms with Gasteiger partial charge in [-0.15, -0.1) is 0 Å². The lowest BCUT2D eigenvalue weighted by atomic mass is 10.7. The van der Waals surface area contributed by atoms with Gasteiger partial charge in [0.15, 0.2) is 1.41 Å². The van der Waals surface area contributed by atoms with Gasteiger partial charge in [-0.25, -0.2) is 9.97 Å². The highest BCUT2D eigenvalue weighted by atomic mass is 15.1. The third-order valence-electron chi connectivity index (χ3n) is 0.692. The smallest absolute Gasteiger partial charge is 0.223 e. The molecule has 0 saturated heterocycles. The Morgan fingerprint density at radius 2 is 2.62 bits per heavy atom. The second kappa shape index (κ2) is 1.73. The molecule has 4 nitrogen and oxygen atoms in total. The lowest BCUT2D eigenvalue weighted by molar-refractivity contribution is 0.988. The number of hydrogen-bond acceptors (Lipinski definition) is 4. The summed E-state index contributed by atoms with van der Waals surface area (Å²) in [7, 11) is 0. The molecule has 0 bridgehead atoms. The van der Waals surface area contributed by atoms with E-state index < -0.39 is 0 Å². The molecule has 2 N–H and O–H groups in total. The van der Waals surface area contributed by atoms with Gasteiger partial charge < -0.3 is 5.73 Å². The summed E-state index contributed by atoms with van der Waals surface area (Å²) in [4.78, 5) is 11.2. The topological polar surface area (TPSA) is 64.7 Å². The molecule has 4 heteroatoms. The molecule has 0 fully saturated rings. The molecule has 0 aliphatic carbocycles. The highest BCUT2D eigenvalue weighted by Gasteiger charge is 1.85. The average molecular weight is 112 g/mol. The van der Waals surface area contributed by atoms with Gasteiger partial charge in [-0.2, -0.15) is 4.98 Å². The SMILES string of the molecule is [3H]Nc1ncnc(C)n1. The Labute approximate surface area is 48.3 Å². The number of nitrogens with zero attached hydrogens (tertiary/aromatic N) is 3. The van der Waals surface area contributed by atoms with Crippen LogP contribution >= 0.6 is 0 Å². The first-order valence-corrected chi connectivity index (χ1v) is 2.16. The molecule has 8 heavy (non-hydrogen) atoms. The molecule has 1 aromatic heterocycles. The molecule has 0 atom stereocenters. The number of rotatable bonds is 1. The molecule has 0 amide bonds. The van der Waals surface area contributed by atoms with E-state index in [0.29, 0.717) is 5.82 Å². The molecule has 0 aliphatic rings. The first-order chi connectivity index (χ1) is 4.33. The van der Waals surface area contributed by atoms with Crippen molar-refractivity contribution in [3.05, 3.63) is 12.2 Å². The van der Waals surface area contributed by atoms with Gasteiger partial charge in [-0.05, 0) is 6.92 Å². The lowest BCUT2D eigenvalue weighted by Crippen LogP contribution is -1.96. The molecule has 0 spiro atoms. The Bertz CT molecular complexity index is 202. The van der Waals surface area contributed by atoms with E-state index in [2.05, 4.69) is 20.7 Å². The second-order valence-electron chi connectivity index (χ2n) is 1.36. The van der Waals surface area contributed by atoms with Crippen molar-refractivity contribution < 1.29 is 1.41 Å². The van der Waals surface area contributed by atoms with Crippen LogP contribution in [-0.2, 0) is 0 Å². The first-order valence-electron chi connectivity index (χ1n) is 2.66. The number of nitrogens with two attached hydrogens (primary N) is 1. The van der Waals surface area contributed by atoms with Crippen molar-refractivity contribution in [2.45, 2.75) is 6.92 Å². The molecular formula is C4H6N4. The molecule has 0 saturated carbocycles. The van der Waals surface area contributed by atoms with Crippen LogP contribution in [0.4, 0.5) is 5.95 Å². The van der Waals surface area contributed by atoms with Gasteiger partial charge >= 0.3 is 0 Å². The maximum Gasteiger partial charge on any atom is 0.223 e. The first kappa shape index (κ1) is 3.77. The number of aromatic nitrogens is 3. The maximum absolute atomic E-state index is 6.64. The third kappa shape index (κ3) is 0.900. The molecule has 0 aromatic carbocycles.